The Morgan fingerprint density at radius 2 is 2.00 bits per heavy atom. The molecule has 0 radical (unpaired) electrons. The van der Waals surface area contributed by atoms with Crippen molar-refractivity contribution >= 4 is 31.9 Å². The van der Waals surface area contributed by atoms with Crippen molar-refractivity contribution in [2.75, 3.05) is 7.11 Å². The third-order valence-electron chi connectivity index (χ3n) is 2.95. The van der Waals surface area contributed by atoms with E-state index in [0.717, 1.165) is 0 Å². The van der Waals surface area contributed by atoms with Crippen LogP contribution >= 0.6 is 15.9 Å². The highest BCUT2D eigenvalue weighted by Crippen LogP contribution is 2.23. The second-order valence-electron chi connectivity index (χ2n) is 4.98. The third-order valence-corrected chi connectivity index (χ3v) is 5.34. The summed E-state index contributed by atoms with van der Waals surface area (Å²) in [5.74, 6) is -0.594. The highest BCUT2D eigenvalue weighted by atomic mass is 79.9. The van der Waals surface area contributed by atoms with Crippen LogP contribution in [0, 0.1) is 0 Å². The molecule has 0 fully saturated rings. The molecule has 0 aliphatic heterocycles. The quantitative estimate of drug-likeness (QED) is 0.816. The molecule has 20 heavy (non-hydrogen) atoms. The third kappa shape index (κ3) is 4.04. The summed E-state index contributed by atoms with van der Waals surface area (Å²) < 4.78 is 32.3. The van der Waals surface area contributed by atoms with Gasteiger partial charge in [-0.15, -0.1) is 0 Å². The number of hydrogen-bond acceptors (Lipinski definition) is 4. The summed E-state index contributed by atoms with van der Waals surface area (Å²) in [6.07, 6.45) is 0.645. The molecule has 1 N–H and O–H groups in total. The number of carbonyl (C=O) groups is 1. The van der Waals surface area contributed by atoms with Crippen LogP contribution in [-0.2, 0) is 14.8 Å². The van der Waals surface area contributed by atoms with Crippen molar-refractivity contribution < 1.29 is 17.9 Å². The fraction of sp³-hybridized carbons (Fsp3) is 0.462. The minimum Gasteiger partial charge on any atom is -0.465 e. The van der Waals surface area contributed by atoms with Crippen LogP contribution in [-0.4, -0.2) is 27.0 Å². The van der Waals surface area contributed by atoms with Crippen molar-refractivity contribution in [1.82, 2.24) is 4.72 Å². The predicted molar refractivity (Wildman–Crippen MR) is 80.2 cm³/mol. The predicted octanol–water partition coefficient (Wildman–Crippen LogP) is 2.70. The van der Waals surface area contributed by atoms with Gasteiger partial charge in [-0.2, -0.15) is 0 Å². The number of methoxy groups -OCH3 is 1. The molecule has 7 heteroatoms. The fourth-order valence-corrected chi connectivity index (χ4v) is 3.35. The van der Waals surface area contributed by atoms with Gasteiger partial charge in [0.2, 0.25) is 10.0 Å². The molecule has 1 aromatic carbocycles. The van der Waals surface area contributed by atoms with Gasteiger partial charge >= 0.3 is 5.97 Å². The number of ether oxygens (including phenoxy) is 1. The Balaban J connectivity index is 3.24. The van der Waals surface area contributed by atoms with E-state index in [-0.39, 0.29) is 10.5 Å². The lowest BCUT2D eigenvalue weighted by atomic mass is 10.0. The Hall–Kier alpha value is -0.920. The highest BCUT2D eigenvalue weighted by Gasteiger charge is 2.25. The molecule has 0 spiro atoms. The minimum atomic E-state index is -3.69. The maximum Gasteiger partial charge on any atom is 0.339 e. The Labute approximate surface area is 127 Å². The van der Waals surface area contributed by atoms with Gasteiger partial charge in [0, 0.05) is 10.0 Å². The second-order valence-corrected chi connectivity index (χ2v) is 7.51. The van der Waals surface area contributed by atoms with E-state index in [1.165, 1.54) is 25.3 Å². The number of esters is 1. The fourth-order valence-electron chi connectivity index (χ4n) is 1.43. The topological polar surface area (TPSA) is 72.5 Å². The van der Waals surface area contributed by atoms with Gasteiger partial charge in [-0.3, -0.25) is 0 Å². The summed E-state index contributed by atoms with van der Waals surface area (Å²) in [5.41, 5.74) is -0.387. The van der Waals surface area contributed by atoms with E-state index in [4.69, 9.17) is 0 Å². The van der Waals surface area contributed by atoms with Gasteiger partial charge in [0.1, 0.15) is 0 Å². The summed E-state index contributed by atoms with van der Waals surface area (Å²) in [7, 11) is -2.45. The molecule has 0 heterocycles. The zero-order valence-corrected chi connectivity index (χ0v) is 14.3. The van der Waals surface area contributed by atoms with Crippen LogP contribution in [0.2, 0.25) is 0 Å². The number of rotatable bonds is 5. The van der Waals surface area contributed by atoms with Crippen LogP contribution in [0.4, 0.5) is 0 Å². The van der Waals surface area contributed by atoms with Gasteiger partial charge in [-0.1, -0.05) is 6.92 Å². The minimum absolute atomic E-state index is 0.0302. The SMILES string of the molecule is CCC(C)(C)NS(=O)(=O)c1ccc(Br)c(C(=O)OC)c1. The van der Waals surface area contributed by atoms with E-state index in [2.05, 4.69) is 25.4 Å². The summed E-state index contributed by atoms with van der Waals surface area (Å²) in [4.78, 5) is 11.6. The number of nitrogens with one attached hydrogen (secondary N) is 1. The lowest BCUT2D eigenvalue weighted by Gasteiger charge is -2.24. The van der Waals surface area contributed by atoms with Crippen molar-refractivity contribution in [3.8, 4) is 0 Å². The normalized spacial score (nSPS) is 12.2. The van der Waals surface area contributed by atoms with Crippen molar-refractivity contribution in [2.24, 2.45) is 0 Å². The van der Waals surface area contributed by atoms with Crippen LogP contribution in [0.3, 0.4) is 0 Å². The summed E-state index contributed by atoms with van der Waals surface area (Å²) in [5, 5.41) is 0. The van der Waals surface area contributed by atoms with Gasteiger partial charge in [-0.05, 0) is 54.4 Å². The molecule has 0 amide bonds. The van der Waals surface area contributed by atoms with Crippen molar-refractivity contribution in [2.45, 2.75) is 37.6 Å². The van der Waals surface area contributed by atoms with Crippen LogP contribution in [0.25, 0.3) is 0 Å². The Morgan fingerprint density at radius 3 is 2.50 bits per heavy atom. The average molecular weight is 364 g/mol. The van der Waals surface area contributed by atoms with Crippen molar-refractivity contribution in [1.29, 1.82) is 0 Å². The maximum atomic E-state index is 12.3. The molecule has 5 nitrogen and oxygen atoms in total. The molecule has 0 saturated carbocycles. The van der Waals surface area contributed by atoms with Gasteiger partial charge < -0.3 is 4.74 Å². The molecule has 1 rings (SSSR count). The molecule has 0 aromatic heterocycles. The Kier molecular flexibility index (Phi) is 5.34. The molecule has 0 aliphatic rings. The first-order valence-electron chi connectivity index (χ1n) is 6.05. The van der Waals surface area contributed by atoms with Crippen molar-refractivity contribution in [3.63, 3.8) is 0 Å². The Bertz CT molecular complexity index is 611. The monoisotopic (exact) mass is 363 g/mol. The standard InChI is InChI=1S/C13H18BrNO4S/c1-5-13(2,3)15-20(17,18)9-6-7-11(14)10(8-9)12(16)19-4/h6-8,15H,5H2,1-4H3. The average Bonchev–Trinajstić information content (AvgIpc) is 2.37. The van der Waals surface area contributed by atoms with E-state index in [1.54, 1.807) is 13.8 Å². The van der Waals surface area contributed by atoms with E-state index in [1.807, 2.05) is 6.92 Å². The molecule has 1 aromatic rings. The van der Waals surface area contributed by atoms with Crippen LogP contribution < -0.4 is 4.72 Å². The first kappa shape index (κ1) is 17.1. The van der Waals surface area contributed by atoms with Gasteiger partial charge in [-0.25, -0.2) is 17.9 Å². The highest BCUT2D eigenvalue weighted by molar-refractivity contribution is 9.10. The number of benzene rings is 1. The van der Waals surface area contributed by atoms with Crippen LogP contribution in [0.15, 0.2) is 27.6 Å². The van der Waals surface area contributed by atoms with Gasteiger partial charge in [0.05, 0.1) is 17.6 Å². The molecular formula is C13H18BrNO4S. The zero-order valence-electron chi connectivity index (χ0n) is 11.9. The molecule has 0 aliphatic carbocycles. The van der Waals surface area contributed by atoms with E-state index in [0.29, 0.717) is 10.9 Å². The van der Waals surface area contributed by atoms with Crippen molar-refractivity contribution in [3.05, 3.63) is 28.2 Å². The van der Waals surface area contributed by atoms with Gasteiger partial charge in [0.15, 0.2) is 0 Å². The number of sulfonamides is 1. The number of hydrogen-bond donors (Lipinski definition) is 1. The van der Waals surface area contributed by atoms with E-state index >= 15 is 0 Å². The molecule has 0 unspecified atom stereocenters. The smallest absolute Gasteiger partial charge is 0.339 e. The number of carbonyl (C=O) groups excluding carboxylic acids is 1. The van der Waals surface area contributed by atoms with E-state index in [9.17, 15) is 13.2 Å². The lowest BCUT2D eigenvalue weighted by molar-refractivity contribution is 0.0599. The second kappa shape index (κ2) is 6.24. The van der Waals surface area contributed by atoms with Crippen LogP contribution in [0.5, 0.6) is 0 Å². The molecule has 0 bridgehead atoms. The van der Waals surface area contributed by atoms with Gasteiger partial charge in [0.25, 0.3) is 0 Å². The molecule has 0 atom stereocenters. The Morgan fingerprint density at radius 1 is 1.40 bits per heavy atom. The first-order valence-corrected chi connectivity index (χ1v) is 8.32. The summed E-state index contributed by atoms with van der Waals surface area (Å²) in [6.45, 7) is 5.49. The number of halogens is 1. The maximum absolute atomic E-state index is 12.3. The molecule has 112 valence electrons. The molecule has 0 saturated heterocycles. The largest absolute Gasteiger partial charge is 0.465 e. The van der Waals surface area contributed by atoms with Crippen LogP contribution in [0.1, 0.15) is 37.6 Å². The van der Waals surface area contributed by atoms with E-state index < -0.39 is 21.5 Å². The first-order chi connectivity index (χ1) is 9.13. The molecular weight excluding hydrogens is 346 g/mol. The zero-order chi connectivity index (χ0) is 15.6. The lowest BCUT2D eigenvalue weighted by Crippen LogP contribution is -2.42. The summed E-state index contributed by atoms with van der Waals surface area (Å²) in [6, 6.07) is 4.24. The summed E-state index contributed by atoms with van der Waals surface area (Å²) >= 11 is 3.20.